The van der Waals surface area contributed by atoms with Gasteiger partial charge in [0.2, 0.25) is 5.91 Å². The van der Waals surface area contributed by atoms with Crippen LogP contribution in [0.4, 0.5) is 10.5 Å². The van der Waals surface area contributed by atoms with Crippen LogP contribution in [0.2, 0.25) is 0 Å². The van der Waals surface area contributed by atoms with E-state index in [9.17, 15) is 9.59 Å². The zero-order chi connectivity index (χ0) is 22.3. The summed E-state index contributed by atoms with van der Waals surface area (Å²) < 4.78 is 5.28. The number of hydrogen-bond donors (Lipinski definition) is 3. The highest BCUT2D eigenvalue weighted by molar-refractivity contribution is 5.95. The summed E-state index contributed by atoms with van der Waals surface area (Å²) in [6, 6.07) is 11.4. The van der Waals surface area contributed by atoms with Crippen LogP contribution < -0.4 is 20.7 Å². The van der Waals surface area contributed by atoms with Gasteiger partial charge in [0.1, 0.15) is 5.75 Å². The number of benzene rings is 2. The standard InChI is InChI=1S/C23H32N4O3/c1-15-10-16(2)22(17(3)11-15)26-21(28)14-25-23(29)24-13-20(27(4)5)18-8-7-9-19(12-18)30-6/h7-12,20H,13-14H2,1-6H3,(H,26,28)(H2,24,25,29). The van der Waals surface area contributed by atoms with E-state index >= 15 is 0 Å². The number of ether oxygens (including phenoxy) is 1. The van der Waals surface area contributed by atoms with Gasteiger partial charge in [0.25, 0.3) is 0 Å². The second kappa shape index (κ2) is 10.6. The number of carbonyl (C=O) groups is 2. The lowest BCUT2D eigenvalue weighted by molar-refractivity contribution is -0.115. The van der Waals surface area contributed by atoms with Crippen LogP contribution in [-0.2, 0) is 4.79 Å². The Kier molecular flexibility index (Phi) is 8.24. The van der Waals surface area contributed by atoms with Crippen LogP contribution in [0.25, 0.3) is 0 Å². The SMILES string of the molecule is COc1cccc(C(CNC(=O)NCC(=O)Nc2c(C)cc(C)cc2C)N(C)C)c1. The molecule has 7 heteroatoms. The molecule has 1 unspecified atom stereocenters. The Morgan fingerprint density at radius 2 is 1.70 bits per heavy atom. The molecule has 0 aliphatic rings. The molecule has 0 aliphatic carbocycles. The lowest BCUT2D eigenvalue weighted by Gasteiger charge is -2.25. The molecule has 0 fully saturated rings. The van der Waals surface area contributed by atoms with E-state index in [4.69, 9.17) is 4.74 Å². The maximum atomic E-state index is 12.3. The molecule has 30 heavy (non-hydrogen) atoms. The molecule has 0 aromatic heterocycles. The monoisotopic (exact) mass is 412 g/mol. The first-order chi connectivity index (χ1) is 14.2. The Morgan fingerprint density at radius 1 is 1.03 bits per heavy atom. The highest BCUT2D eigenvalue weighted by Gasteiger charge is 2.16. The fourth-order valence-electron chi connectivity index (χ4n) is 3.42. The van der Waals surface area contributed by atoms with Gasteiger partial charge in [0.15, 0.2) is 0 Å². The number of nitrogens with zero attached hydrogens (tertiary/aromatic N) is 1. The number of carbonyl (C=O) groups excluding carboxylic acids is 2. The number of rotatable bonds is 8. The quantitative estimate of drug-likeness (QED) is 0.622. The van der Waals surface area contributed by atoms with Gasteiger partial charge in [-0.15, -0.1) is 0 Å². The van der Waals surface area contributed by atoms with Gasteiger partial charge in [-0.2, -0.15) is 0 Å². The first-order valence-electron chi connectivity index (χ1n) is 9.91. The molecular weight excluding hydrogens is 380 g/mol. The fourth-order valence-corrected chi connectivity index (χ4v) is 3.42. The minimum Gasteiger partial charge on any atom is -0.497 e. The minimum atomic E-state index is -0.391. The van der Waals surface area contributed by atoms with Crippen molar-refractivity contribution in [2.45, 2.75) is 26.8 Å². The molecular formula is C23H32N4O3. The van der Waals surface area contributed by atoms with E-state index in [1.807, 2.05) is 76.2 Å². The highest BCUT2D eigenvalue weighted by atomic mass is 16.5. The van der Waals surface area contributed by atoms with Crippen LogP contribution in [0, 0.1) is 20.8 Å². The van der Waals surface area contributed by atoms with E-state index in [2.05, 4.69) is 16.0 Å². The van der Waals surface area contributed by atoms with Crippen molar-refractivity contribution in [3.8, 4) is 5.75 Å². The summed E-state index contributed by atoms with van der Waals surface area (Å²) in [7, 11) is 5.52. The first-order valence-corrected chi connectivity index (χ1v) is 9.91. The zero-order valence-corrected chi connectivity index (χ0v) is 18.6. The maximum Gasteiger partial charge on any atom is 0.315 e. The molecule has 0 saturated heterocycles. The Bertz CT molecular complexity index is 873. The third kappa shape index (κ3) is 6.49. The number of nitrogens with one attached hydrogen (secondary N) is 3. The topological polar surface area (TPSA) is 82.7 Å². The lowest BCUT2D eigenvalue weighted by Crippen LogP contribution is -2.43. The van der Waals surface area contributed by atoms with Gasteiger partial charge < -0.3 is 25.6 Å². The van der Waals surface area contributed by atoms with Crippen molar-refractivity contribution < 1.29 is 14.3 Å². The Balaban J connectivity index is 1.88. The first kappa shape index (κ1) is 23.2. The predicted molar refractivity (Wildman–Crippen MR) is 120 cm³/mol. The van der Waals surface area contributed by atoms with Gasteiger partial charge in [0.05, 0.1) is 19.7 Å². The molecule has 0 spiro atoms. The number of likely N-dealkylation sites (N-methyl/N-ethyl adjacent to an activating group) is 1. The highest BCUT2D eigenvalue weighted by Crippen LogP contribution is 2.22. The van der Waals surface area contributed by atoms with E-state index in [-0.39, 0.29) is 18.5 Å². The van der Waals surface area contributed by atoms with Crippen LogP contribution >= 0.6 is 0 Å². The number of anilines is 1. The molecule has 0 saturated carbocycles. The number of aryl methyl sites for hydroxylation is 3. The van der Waals surface area contributed by atoms with Crippen LogP contribution in [0.3, 0.4) is 0 Å². The number of methoxy groups -OCH3 is 1. The van der Waals surface area contributed by atoms with Gasteiger partial charge in [-0.05, 0) is 63.7 Å². The van der Waals surface area contributed by atoms with Gasteiger partial charge in [-0.25, -0.2) is 4.79 Å². The summed E-state index contributed by atoms with van der Waals surface area (Å²) in [5.41, 5.74) is 4.96. The zero-order valence-electron chi connectivity index (χ0n) is 18.6. The predicted octanol–water partition coefficient (Wildman–Crippen LogP) is 3.16. The summed E-state index contributed by atoms with van der Waals surface area (Å²) in [5, 5.41) is 8.33. The average Bonchev–Trinajstić information content (AvgIpc) is 2.69. The van der Waals surface area contributed by atoms with E-state index in [0.29, 0.717) is 6.54 Å². The number of amides is 3. The van der Waals surface area contributed by atoms with Crippen LogP contribution in [0.15, 0.2) is 36.4 Å². The molecule has 162 valence electrons. The number of hydrogen-bond acceptors (Lipinski definition) is 4. The van der Waals surface area contributed by atoms with Crippen molar-refractivity contribution in [2.75, 3.05) is 39.6 Å². The third-order valence-corrected chi connectivity index (χ3v) is 4.91. The second-order valence-electron chi connectivity index (χ2n) is 7.64. The summed E-state index contributed by atoms with van der Waals surface area (Å²) in [5.74, 6) is 0.499. The van der Waals surface area contributed by atoms with Crippen molar-refractivity contribution >= 4 is 17.6 Å². The van der Waals surface area contributed by atoms with Gasteiger partial charge in [0, 0.05) is 12.2 Å². The van der Waals surface area contributed by atoms with Crippen molar-refractivity contribution in [3.63, 3.8) is 0 Å². The van der Waals surface area contributed by atoms with Gasteiger partial charge in [-0.3, -0.25) is 4.79 Å². The molecule has 2 aromatic rings. The molecule has 3 amide bonds. The van der Waals surface area contributed by atoms with E-state index < -0.39 is 6.03 Å². The van der Waals surface area contributed by atoms with Gasteiger partial charge in [-0.1, -0.05) is 29.8 Å². The Hall–Kier alpha value is -3.06. The summed E-state index contributed by atoms with van der Waals surface area (Å²) >= 11 is 0. The number of urea groups is 1. The van der Waals surface area contributed by atoms with Crippen molar-refractivity contribution in [3.05, 3.63) is 58.7 Å². The molecule has 0 heterocycles. The molecule has 2 aromatic carbocycles. The fraction of sp³-hybridized carbons (Fsp3) is 0.391. The Labute approximate surface area is 178 Å². The maximum absolute atomic E-state index is 12.3. The molecule has 0 aliphatic heterocycles. The smallest absolute Gasteiger partial charge is 0.315 e. The van der Waals surface area contributed by atoms with Crippen molar-refractivity contribution in [2.24, 2.45) is 0 Å². The molecule has 2 rings (SSSR count). The summed E-state index contributed by atoms with van der Waals surface area (Å²) in [6.07, 6.45) is 0. The van der Waals surface area contributed by atoms with Crippen LogP contribution in [-0.4, -0.2) is 51.1 Å². The Morgan fingerprint density at radius 3 is 2.30 bits per heavy atom. The summed E-state index contributed by atoms with van der Waals surface area (Å²) in [6.45, 7) is 6.21. The van der Waals surface area contributed by atoms with Crippen molar-refractivity contribution in [1.82, 2.24) is 15.5 Å². The molecule has 3 N–H and O–H groups in total. The van der Waals surface area contributed by atoms with E-state index in [1.165, 1.54) is 0 Å². The third-order valence-electron chi connectivity index (χ3n) is 4.91. The van der Waals surface area contributed by atoms with Gasteiger partial charge >= 0.3 is 6.03 Å². The minimum absolute atomic E-state index is 0.0301. The molecule has 7 nitrogen and oxygen atoms in total. The van der Waals surface area contributed by atoms with Crippen molar-refractivity contribution in [1.29, 1.82) is 0 Å². The van der Waals surface area contributed by atoms with Crippen LogP contribution in [0.1, 0.15) is 28.3 Å². The average molecular weight is 413 g/mol. The summed E-state index contributed by atoms with van der Waals surface area (Å²) in [4.78, 5) is 26.5. The van der Waals surface area contributed by atoms with E-state index in [0.717, 1.165) is 33.7 Å². The normalized spacial score (nSPS) is 11.7. The second-order valence-corrected chi connectivity index (χ2v) is 7.64. The molecule has 1 atom stereocenters. The molecule has 0 radical (unpaired) electrons. The largest absolute Gasteiger partial charge is 0.497 e. The molecule has 0 bridgehead atoms. The lowest BCUT2D eigenvalue weighted by atomic mass is 10.1. The van der Waals surface area contributed by atoms with Crippen LogP contribution in [0.5, 0.6) is 5.75 Å². The van der Waals surface area contributed by atoms with E-state index in [1.54, 1.807) is 7.11 Å².